The first-order valence-electron chi connectivity index (χ1n) is 9.74. The summed E-state index contributed by atoms with van der Waals surface area (Å²) >= 11 is 0. The number of anilines is 1. The van der Waals surface area contributed by atoms with E-state index in [4.69, 9.17) is 9.47 Å². The molecule has 0 spiro atoms. The average molecular weight is 416 g/mol. The second-order valence-electron chi connectivity index (χ2n) is 6.76. The number of nitrogens with one attached hydrogen (secondary N) is 1. The van der Waals surface area contributed by atoms with Gasteiger partial charge in [-0.25, -0.2) is 0 Å². The van der Waals surface area contributed by atoms with Crippen LogP contribution >= 0.6 is 0 Å². The molecule has 0 saturated heterocycles. The van der Waals surface area contributed by atoms with Gasteiger partial charge in [0.05, 0.1) is 19.3 Å². The molecule has 6 nitrogen and oxygen atoms in total. The SMILES string of the molecule is COc1cccc(/C=C/C(=O)N(C)CC(=O)Nc2ccccc2Oc2ccccc2)c1. The van der Waals surface area contributed by atoms with Gasteiger partial charge >= 0.3 is 0 Å². The summed E-state index contributed by atoms with van der Waals surface area (Å²) < 4.78 is 11.0. The maximum absolute atomic E-state index is 12.5. The van der Waals surface area contributed by atoms with Crippen LogP contribution in [0.3, 0.4) is 0 Å². The normalized spacial score (nSPS) is 10.5. The molecule has 0 aliphatic carbocycles. The Kier molecular flexibility index (Phi) is 7.43. The molecular formula is C25H24N2O4. The van der Waals surface area contributed by atoms with Crippen molar-refractivity contribution in [1.82, 2.24) is 4.90 Å². The van der Waals surface area contributed by atoms with Crippen molar-refractivity contribution in [3.63, 3.8) is 0 Å². The number of hydrogen-bond donors (Lipinski definition) is 1. The molecule has 0 bridgehead atoms. The average Bonchev–Trinajstić information content (AvgIpc) is 2.79. The van der Waals surface area contributed by atoms with Gasteiger partial charge in [0.1, 0.15) is 11.5 Å². The lowest BCUT2D eigenvalue weighted by Crippen LogP contribution is -2.33. The molecule has 6 heteroatoms. The van der Waals surface area contributed by atoms with E-state index >= 15 is 0 Å². The molecule has 3 aromatic rings. The number of amides is 2. The topological polar surface area (TPSA) is 67.9 Å². The smallest absolute Gasteiger partial charge is 0.246 e. The Morgan fingerprint density at radius 3 is 2.42 bits per heavy atom. The van der Waals surface area contributed by atoms with Crippen LogP contribution in [-0.2, 0) is 9.59 Å². The van der Waals surface area contributed by atoms with E-state index in [1.165, 1.54) is 11.0 Å². The van der Waals surface area contributed by atoms with Crippen molar-refractivity contribution in [1.29, 1.82) is 0 Å². The number of carbonyl (C=O) groups excluding carboxylic acids is 2. The fraction of sp³-hybridized carbons (Fsp3) is 0.120. The van der Waals surface area contributed by atoms with E-state index in [2.05, 4.69) is 5.32 Å². The first-order valence-corrected chi connectivity index (χ1v) is 9.74. The summed E-state index contributed by atoms with van der Waals surface area (Å²) in [6, 6.07) is 23.8. The molecule has 0 aliphatic rings. The van der Waals surface area contributed by atoms with Crippen LogP contribution in [-0.4, -0.2) is 37.4 Å². The van der Waals surface area contributed by atoms with Gasteiger partial charge in [-0.15, -0.1) is 0 Å². The third-order valence-electron chi connectivity index (χ3n) is 4.40. The van der Waals surface area contributed by atoms with Gasteiger partial charge in [0.2, 0.25) is 11.8 Å². The van der Waals surface area contributed by atoms with E-state index in [1.807, 2.05) is 60.7 Å². The lowest BCUT2D eigenvalue weighted by atomic mass is 10.2. The number of methoxy groups -OCH3 is 1. The Labute approximate surface area is 181 Å². The zero-order valence-corrected chi connectivity index (χ0v) is 17.4. The zero-order valence-electron chi connectivity index (χ0n) is 17.4. The van der Waals surface area contributed by atoms with Crippen molar-refractivity contribution in [2.24, 2.45) is 0 Å². The minimum absolute atomic E-state index is 0.0963. The molecule has 0 aliphatic heterocycles. The summed E-state index contributed by atoms with van der Waals surface area (Å²) in [7, 11) is 3.16. The monoisotopic (exact) mass is 416 g/mol. The molecular weight excluding hydrogens is 392 g/mol. The predicted molar refractivity (Wildman–Crippen MR) is 121 cm³/mol. The number of ether oxygens (including phenoxy) is 2. The fourth-order valence-corrected chi connectivity index (χ4v) is 2.80. The lowest BCUT2D eigenvalue weighted by molar-refractivity contribution is -0.129. The van der Waals surface area contributed by atoms with E-state index in [9.17, 15) is 9.59 Å². The summed E-state index contributed by atoms with van der Waals surface area (Å²) in [4.78, 5) is 26.2. The fourth-order valence-electron chi connectivity index (χ4n) is 2.80. The van der Waals surface area contributed by atoms with Gasteiger partial charge in [0, 0.05) is 13.1 Å². The van der Waals surface area contributed by atoms with E-state index in [1.54, 1.807) is 38.4 Å². The van der Waals surface area contributed by atoms with E-state index in [0.29, 0.717) is 22.9 Å². The third kappa shape index (κ3) is 6.47. The summed E-state index contributed by atoms with van der Waals surface area (Å²) in [6.45, 7) is -0.0963. The Bertz CT molecular complexity index is 1060. The number of para-hydroxylation sites is 3. The van der Waals surface area contributed by atoms with Crippen molar-refractivity contribution in [3.8, 4) is 17.2 Å². The number of hydrogen-bond acceptors (Lipinski definition) is 4. The van der Waals surface area contributed by atoms with Crippen LogP contribution in [0, 0.1) is 0 Å². The van der Waals surface area contributed by atoms with Crippen LogP contribution in [0.2, 0.25) is 0 Å². The maximum atomic E-state index is 12.5. The highest BCUT2D eigenvalue weighted by Crippen LogP contribution is 2.29. The molecule has 0 unspecified atom stereocenters. The van der Waals surface area contributed by atoms with Gasteiger partial charge in [0.15, 0.2) is 5.75 Å². The van der Waals surface area contributed by atoms with Gasteiger partial charge in [-0.3, -0.25) is 9.59 Å². The first kappa shape index (κ1) is 21.6. The molecule has 0 aromatic heterocycles. The second kappa shape index (κ2) is 10.6. The van der Waals surface area contributed by atoms with Gasteiger partial charge in [0.25, 0.3) is 0 Å². The number of likely N-dealkylation sites (N-methyl/N-ethyl adjacent to an activating group) is 1. The van der Waals surface area contributed by atoms with Crippen molar-refractivity contribution in [2.45, 2.75) is 0 Å². The lowest BCUT2D eigenvalue weighted by Gasteiger charge is -2.16. The molecule has 1 N–H and O–H groups in total. The Morgan fingerprint density at radius 1 is 0.935 bits per heavy atom. The number of rotatable bonds is 8. The highest BCUT2D eigenvalue weighted by atomic mass is 16.5. The molecule has 3 aromatic carbocycles. The molecule has 158 valence electrons. The van der Waals surface area contributed by atoms with E-state index in [0.717, 1.165) is 5.56 Å². The standard InChI is InChI=1S/C25H24N2O4/c1-27(25(29)16-15-19-9-8-12-21(17-19)30-2)18-24(28)26-22-13-6-7-14-23(22)31-20-10-4-3-5-11-20/h3-17H,18H2,1-2H3,(H,26,28)/b16-15+. The Morgan fingerprint density at radius 2 is 1.65 bits per heavy atom. The summed E-state index contributed by atoms with van der Waals surface area (Å²) in [5, 5.41) is 2.81. The van der Waals surface area contributed by atoms with Gasteiger partial charge in [-0.05, 0) is 48.0 Å². The number of benzene rings is 3. The van der Waals surface area contributed by atoms with Gasteiger partial charge in [-0.2, -0.15) is 0 Å². The van der Waals surface area contributed by atoms with Crippen molar-refractivity contribution in [2.75, 3.05) is 26.0 Å². The van der Waals surface area contributed by atoms with Crippen LogP contribution in [0.15, 0.2) is 84.9 Å². The zero-order chi connectivity index (χ0) is 22.1. The largest absolute Gasteiger partial charge is 0.497 e. The molecule has 3 rings (SSSR count). The summed E-state index contributed by atoms with van der Waals surface area (Å²) in [6.07, 6.45) is 3.11. The summed E-state index contributed by atoms with van der Waals surface area (Å²) in [5.74, 6) is 1.29. The maximum Gasteiger partial charge on any atom is 0.246 e. The minimum Gasteiger partial charge on any atom is -0.497 e. The quantitative estimate of drug-likeness (QED) is 0.545. The molecule has 0 heterocycles. The van der Waals surface area contributed by atoms with Crippen LogP contribution in [0.4, 0.5) is 5.69 Å². The van der Waals surface area contributed by atoms with Crippen molar-refractivity contribution >= 4 is 23.6 Å². The summed E-state index contributed by atoms with van der Waals surface area (Å²) in [5.41, 5.74) is 1.36. The molecule has 31 heavy (non-hydrogen) atoms. The third-order valence-corrected chi connectivity index (χ3v) is 4.40. The van der Waals surface area contributed by atoms with E-state index in [-0.39, 0.29) is 18.4 Å². The van der Waals surface area contributed by atoms with Gasteiger partial charge in [-0.1, -0.05) is 42.5 Å². The second-order valence-corrected chi connectivity index (χ2v) is 6.76. The molecule has 0 radical (unpaired) electrons. The van der Waals surface area contributed by atoms with E-state index < -0.39 is 0 Å². The van der Waals surface area contributed by atoms with Crippen LogP contribution in [0.1, 0.15) is 5.56 Å². The van der Waals surface area contributed by atoms with Crippen molar-refractivity contribution in [3.05, 3.63) is 90.5 Å². The highest BCUT2D eigenvalue weighted by molar-refractivity contribution is 5.98. The Balaban J connectivity index is 1.59. The molecule has 0 fully saturated rings. The Hall–Kier alpha value is -4.06. The van der Waals surface area contributed by atoms with Crippen molar-refractivity contribution < 1.29 is 19.1 Å². The first-order chi connectivity index (χ1) is 15.0. The van der Waals surface area contributed by atoms with Crippen LogP contribution in [0.25, 0.3) is 6.08 Å². The number of nitrogens with zero attached hydrogens (tertiary/aromatic N) is 1. The molecule has 0 atom stereocenters. The predicted octanol–water partition coefficient (Wildman–Crippen LogP) is 4.60. The van der Waals surface area contributed by atoms with Gasteiger partial charge < -0.3 is 19.7 Å². The van der Waals surface area contributed by atoms with Crippen LogP contribution < -0.4 is 14.8 Å². The molecule has 2 amide bonds. The number of carbonyl (C=O) groups is 2. The molecule has 0 saturated carbocycles. The van der Waals surface area contributed by atoms with Crippen LogP contribution in [0.5, 0.6) is 17.2 Å². The minimum atomic E-state index is -0.324. The highest BCUT2D eigenvalue weighted by Gasteiger charge is 2.13.